The number of benzene rings is 1. The summed E-state index contributed by atoms with van der Waals surface area (Å²) in [7, 11) is 0. The molecular formula is C13H14Cl2N2O3. The summed E-state index contributed by atoms with van der Waals surface area (Å²) in [5.74, 6) is 0.889. The van der Waals surface area contributed by atoms with Gasteiger partial charge in [0.25, 0.3) is 0 Å². The van der Waals surface area contributed by atoms with Crippen LogP contribution in [0.3, 0.4) is 0 Å². The molecule has 0 N–H and O–H groups in total. The molecule has 108 valence electrons. The maximum absolute atomic E-state index is 5.99. The number of nitrogens with zero attached hydrogens (tertiary/aromatic N) is 2. The molecule has 2 aromatic rings. The summed E-state index contributed by atoms with van der Waals surface area (Å²) in [5, 5.41) is 4.74. The predicted octanol–water partition coefficient (Wildman–Crippen LogP) is 4.13. The molecule has 0 saturated heterocycles. The van der Waals surface area contributed by atoms with E-state index in [1.165, 1.54) is 0 Å². The highest BCUT2D eigenvalue weighted by Crippen LogP contribution is 2.28. The van der Waals surface area contributed by atoms with Gasteiger partial charge in [-0.1, -0.05) is 35.3 Å². The smallest absolute Gasteiger partial charge is 0.417 e. The van der Waals surface area contributed by atoms with Crippen LogP contribution in [0.1, 0.15) is 26.1 Å². The van der Waals surface area contributed by atoms with E-state index in [-0.39, 0.29) is 18.8 Å². The monoisotopic (exact) mass is 316 g/mol. The zero-order valence-corrected chi connectivity index (χ0v) is 12.6. The van der Waals surface area contributed by atoms with Gasteiger partial charge in [-0.15, -0.1) is 0 Å². The molecular weight excluding hydrogens is 303 g/mol. The molecule has 0 fully saturated rings. The zero-order valence-electron chi connectivity index (χ0n) is 11.1. The van der Waals surface area contributed by atoms with E-state index >= 15 is 0 Å². The van der Waals surface area contributed by atoms with Crippen molar-refractivity contribution in [2.75, 3.05) is 0 Å². The first kappa shape index (κ1) is 14.9. The highest BCUT2D eigenvalue weighted by molar-refractivity contribution is 6.35. The molecule has 7 heteroatoms. The second-order valence-corrected chi connectivity index (χ2v) is 5.02. The number of rotatable bonds is 6. The van der Waals surface area contributed by atoms with Gasteiger partial charge in [-0.3, -0.25) is 4.52 Å². The third-order valence-electron chi connectivity index (χ3n) is 2.58. The Bertz CT molecular complexity index is 574. The van der Waals surface area contributed by atoms with Crippen molar-refractivity contribution in [3.8, 4) is 11.8 Å². The van der Waals surface area contributed by atoms with Crippen molar-refractivity contribution in [1.82, 2.24) is 10.1 Å². The van der Waals surface area contributed by atoms with Gasteiger partial charge < -0.3 is 9.47 Å². The van der Waals surface area contributed by atoms with E-state index in [0.717, 1.165) is 6.42 Å². The molecule has 5 nitrogen and oxygen atoms in total. The Morgan fingerprint density at radius 1 is 1.35 bits per heavy atom. The quantitative estimate of drug-likeness (QED) is 0.801. The van der Waals surface area contributed by atoms with Crippen molar-refractivity contribution in [3.05, 3.63) is 34.1 Å². The van der Waals surface area contributed by atoms with Crippen molar-refractivity contribution >= 4 is 23.2 Å². The number of hydrogen-bond acceptors (Lipinski definition) is 5. The molecule has 0 saturated carbocycles. The van der Waals surface area contributed by atoms with Crippen molar-refractivity contribution in [3.63, 3.8) is 0 Å². The fraction of sp³-hybridized carbons (Fsp3) is 0.385. The molecule has 0 aliphatic heterocycles. The van der Waals surface area contributed by atoms with Crippen molar-refractivity contribution in [2.45, 2.75) is 33.0 Å². The van der Waals surface area contributed by atoms with E-state index in [1.807, 2.05) is 13.8 Å². The Kier molecular flexibility index (Phi) is 5.09. The maximum Gasteiger partial charge on any atom is 0.417 e. The molecule has 1 aromatic heterocycles. The van der Waals surface area contributed by atoms with Gasteiger partial charge in [-0.05, 0) is 31.5 Å². The molecule has 0 bridgehead atoms. The SMILES string of the molecule is CCC(C)Oc1nc(COc2ccc(Cl)cc2Cl)no1. The fourth-order valence-corrected chi connectivity index (χ4v) is 1.80. The lowest BCUT2D eigenvalue weighted by Gasteiger charge is -2.06. The third kappa shape index (κ3) is 4.02. The van der Waals surface area contributed by atoms with Crippen molar-refractivity contribution in [1.29, 1.82) is 0 Å². The minimum absolute atomic E-state index is 0.0231. The number of ether oxygens (including phenoxy) is 2. The van der Waals surface area contributed by atoms with Gasteiger partial charge in [-0.25, -0.2) is 0 Å². The van der Waals surface area contributed by atoms with Crippen LogP contribution in [0.5, 0.6) is 11.8 Å². The van der Waals surface area contributed by atoms with Crippen molar-refractivity contribution < 1.29 is 14.0 Å². The first-order valence-electron chi connectivity index (χ1n) is 6.15. The van der Waals surface area contributed by atoms with Crippen molar-refractivity contribution in [2.24, 2.45) is 0 Å². The summed E-state index contributed by atoms with van der Waals surface area (Å²) >= 11 is 11.8. The topological polar surface area (TPSA) is 57.4 Å². The summed E-state index contributed by atoms with van der Waals surface area (Å²) in [6.07, 6.45) is 1.02. The Hall–Kier alpha value is -1.46. The van der Waals surface area contributed by atoms with Crippen LogP contribution in [-0.2, 0) is 6.61 Å². The standard InChI is InChI=1S/C13H14Cl2N2O3/c1-3-8(2)19-13-16-12(17-20-13)7-18-11-5-4-9(14)6-10(11)15/h4-6,8H,3,7H2,1-2H3. The lowest BCUT2D eigenvalue weighted by Crippen LogP contribution is -2.09. The Morgan fingerprint density at radius 2 is 2.15 bits per heavy atom. The molecule has 20 heavy (non-hydrogen) atoms. The zero-order chi connectivity index (χ0) is 14.5. The number of halogens is 2. The second kappa shape index (κ2) is 6.81. The van der Waals surface area contributed by atoms with Gasteiger partial charge in [0, 0.05) is 5.02 Å². The molecule has 1 atom stereocenters. The minimum atomic E-state index is 0.0231. The number of aromatic nitrogens is 2. The largest absolute Gasteiger partial charge is 0.484 e. The summed E-state index contributed by atoms with van der Waals surface area (Å²) in [6.45, 7) is 4.07. The van der Waals surface area contributed by atoms with E-state index in [1.54, 1.807) is 18.2 Å². The summed E-state index contributed by atoms with van der Waals surface area (Å²) < 4.78 is 15.8. The highest BCUT2D eigenvalue weighted by atomic mass is 35.5. The highest BCUT2D eigenvalue weighted by Gasteiger charge is 2.11. The van der Waals surface area contributed by atoms with Crippen LogP contribution in [0.25, 0.3) is 0 Å². The van der Waals surface area contributed by atoms with Crippen LogP contribution < -0.4 is 9.47 Å². The lowest BCUT2D eigenvalue weighted by molar-refractivity contribution is 0.142. The maximum atomic E-state index is 5.99. The minimum Gasteiger partial charge on any atom is -0.484 e. The molecule has 0 amide bonds. The summed E-state index contributed by atoms with van der Waals surface area (Å²) in [4.78, 5) is 4.07. The van der Waals surface area contributed by atoms with Crippen LogP contribution in [0.2, 0.25) is 10.0 Å². The van der Waals surface area contributed by atoms with Gasteiger partial charge in [0.1, 0.15) is 11.9 Å². The van der Waals surface area contributed by atoms with E-state index < -0.39 is 0 Å². The molecule has 2 rings (SSSR count). The second-order valence-electron chi connectivity index (χ2n) is 4.18. The molecule has 0 radical (unpaired) electrons. The van der Waals surface area contributed by atoms with Gasteiger partial charge >= 0.3 is 6.08 Å². The average molecular weight is 317 g/mol. The van der Waals surface area contributed by atoms with E-state index in [2.05, 4.69) is 10.1 Å². The summed E-state index contributed by atoms with van der Waals surface area (Å²) in [5.41, 5.74) is 0. The molecule has 0 aliphatic rings. The van der Waals surface area contributed by atoms with E-state index in [0.29, 0.717) is 21.6 Å². The molecule has 1 aromatic carbocycles. The molecule has 1 unspecified atom stereocenters. The Balaban J connectivity index is 1.94. The first-order chi connectivity index (χ1) is 9.58. The van der Waals surface area contributed by atoms with Gasteiger partial charge in [0.15, 0.2) is 6.61 Å². The normalized spacial score (nSPS) is 12.2. The van der Waals surface area contributed by atoms with Crippen LogP contribution in [-0.4, -0.2) is 16.2 Å². The van der Waals surface area contributed by atoms with E-state index in [9.17, 15) is 0 Å². The van der Waals surface area contributed by atoms with Gasteiger partial charge in [0.2, 0.25) is 5.82 Å². The molecule has 0 aliphatic carbocycles. The Morgan fingerprint density at radius 3 is 2.85 bits per heavy atom. The lowest BCUT2D eigenvalue weighted by atomic mass is 10.3. The molecule has 1 heterocycles. The van der Waals surface area contributed by atoms with Gasteiger partial charge in [-0.2, -0.15) is 4.98 Å². The van der Waals surface area contributed by atoms with Crippen LogP contribution in [0.4, 0.5) is 0 Å². The van der Waals surface area contributed by atoms with E-state index in [4.69, 9.17) is 37.2 Å². The molecule has 0 spiro atoms. The van der Waals surface area contributed by atoms with Crippen LogP contribution in [0, 0.1) is 0 Å². The van der Waals surface area contributed by atoms with Crippen LogP contribution >= 0.6 is 23.2 Å². The average Bonchev–Trinajstić information content (AvgIpc) is 2.85. The third-order valence-corrected chi connectivity index (χ3v) is 3.11. The first-order valence-corrected chi connectivity index (χ1v) is 6.91. The number of hydrogen-bond donors (Lipinski definition) is 0. The fourth-order valence-electron chi connectivity index (χ4n) is 1.33. The summed E-state index contributed by atoms with van der Waals surface area (Å²) in [6, 6.07) is 4.98. The van der Waals surface area contributed by atoms with Gasteiger partial charge in [0.05, 0.1) is 5.02 Å². The van der Waals surface area contributed by atoms with Crippen LogP contribution in [0.15, 0.2) is 22.7 Å². The predicted molar refractivity (Wildman–Crippen MR) is 75.5 cm³/mol. The Labute approximate surface area is 126 Å².